The second-order valence-corrected chi connectivity index (χ2v) is 2.38. The smallest absolute Gasteiger partial charge is 0.163 e. The highest BCUT2D eigenvalue weighted by molar-refractivity contribution is 6.32. The molecule has 11 heavy (non-hydrogen) atoms. The highest BCUT2D eigenvalue weighted by Crippen LogP contribution is 2.32. The van der Waals surface area contributed by atoms with Gasteiger partial charge in [-0.15, -0.1) is 0 Å². The van der Waals surface area contributed by atoms with Crippen LogP contribution < -0.4 is 10.5 Å². The van der Waals surface area contributed by atoms with E-state index in [9.17, 15) is 4.39 Å². The maximum atomic E-state index is 12.7. The fourth-order valence-electron chi connectivity index (χ4n) is 0.756. The Kier molecular flexibility index (Phi) is 2.19. The number of hydrogen-bond donors (Lipinski definition) is 1. The van der Waals surface area contributed by atoms with Gasteiger partial charge in [0.2, 0.25) is 0 Å². The van der Waals surface area contributed by atoms with E-state index in [1.165, 1.54) is 19.2 Å². The van der Waals surface area contributed by atoms with Crippen molar-refractivity contribution >= 4 is 17.3 Å². The number of methoxy groups -OCH3 is 1. The Hall–Kier alpha value is -0.960. The number of nitrogens with two attached hydrogens (primary N) is 1. The summed E-state index contributed by atoms with van der Waals surface area (Å²) < 4.78 is 17.4. The summed E-state index contributed by atoms with van der Waals surface area (Å²) >= 11 is 5.63. The fraction of sp³-hybridized carbons (Fsp3) is 0.143. The molecule has 0 saturated carbocycles. The van der Waals surface area contributed by atoms with Crippen molar-refractivity contribution in [1.29, 1.82) is 0 Å². The van der Waals surface area contributed by atoms with Crippen LogP contribution in [0.15, 0.2) is 12.1 Å². The van der Waals surface area contributed by atoms with Gasteiger partial charge in [-0.05, 0) is 12.1 Å². The quantitative estimate of drug-likeness (QED) is 0.664. The second kappa shape index (κ2) is 2.96. The van der Waals surface area contributed by atoms with Gasteiger partial charge in [-0.25, -0.2) is 4.39 Å². The molecule has 60 valence electrons. The molecule has 0 fully saturated rings. The third-order valence-electron chi connectivity index (χ3n) is 1.30. The van der Waals surface area contributed by atoms with E-state index in [1.807, 2.05) is 0 Å². The average Bonchev–Trinajstić information content (AvgIpc) is 1.99. The molecule has 0 aromatic heterocycles. The third kappa shape index (κ3) is 1.38. The van der Waals surface area contributed by atoms with Crippen LogP contribution >= 0.6 is 11.6 Å². The molecule has 0 unspecified atom stereocenters. The average molecular weight is 176 g/mol. The van der Waals surface area contributed by atoms with Crippen LogP contribution in [0, 0.1) is 5.82 Å². The Labute approximate surface area is 68.7 Å². The lowest BCUT2D eigenvalue weighted by Crippen LogP contribution is -1.96. The number of halogens is 2. The number of benzene rings is 1. The predicted molar refractivity (Wildman–Crippen MR) is 42.4 cm³/mol. The van der Waals surface area contributed by atoms with Gasteiger partial charge in [0.15, 0.2) is 5.75 Å². The summed E-state index contributed by atoms with van der Waals surface area (Å²) in [6.07, 6.45) is 0. The Bertz CT molecular complexity index is 277. The zero-order valence-corrected chi connectivity index (χ0v) is 6.65. The lowest BCUT2D eigenvalue weighted by atomic mass is 10.3. The topological polar surface area (TPSA) is 35.2 Å². The Morgan fingerprint density at radius 1 is 1.55 bits per heavy atom. The number of anilines is 1. The summed E-state index contributed by atoms with van der Waals surface area (Å²) in [6.45, 7) is 0. The van der Waals surface area contributed by atoms with Gasteiger partial charge in [0.05, 0.1) is 12.1 Å². The number of rotatable bonds is 1. The van der Waals surface area contributed by atoms with E-state index in [0.717, 1.165) is 0 Å². The number of hydrogen-bond acceptors (Lipinski definition) is 2. The normalized spacial score (nSPS) is 9.73. The molecular formula is C7H7ClFNO. The molecule has 0 saturated heterocycles. The molecular weight excluding hydrogens is 169 g/mol. The highest BCUT2D eigenvalue weighted by atomic mass is 35.5. The van der Waals surface area contributed by atoms with Gasteiger partial charge in [-0.2, -0.15) is 0 Å². The summed E-state index contributed by atoms with van der Waals surface area (Å²) in [5, 5.41) is 0.311. The van der Waals surface area contributed by atoms with Crippen molar-refractivity contribution in [2.24, 2.45) is 0 Å². The standard InChI is InChI=1S/C7H7ClFNO/c1-11-7-4(8)2-3-5(9)6(7)10/h2-3H,10H2,1H3. The van der Waals surface area contributed by atoms with Crippen LogP contribution in [0.25, 0.3) is 0 Å². The molecule has 4 heteroatoms. The summed E-state index contributed by atoms with van der Waals surface area (Å²) in [5.74, 6) is -0.335. The van der Waals surface area contributed by atoms with E-state index in [4.69, 9.17) is 22.1 Å². The zero-order valence-electron chi connectivity index (χ0n) is 5.90. The van der Waals surface area contributed by atoms with Gasteiger partial charge in [-0.1, -0.05) is 11.6 Å². The first kappa shape index (κ1) is 8.14. The molecule has 1 rings (SSSR count). The van der Waals surface area contributed by atoms with Gasteiger partial charge in [-0.3, -0.25) is 0 Å². The Balaban J connectivity index is 3.29. The maximum absolute atomic E-state index is 12.7. The fourth-order valence-corrected chi connectivity index (χ4v) is 0.998. The van der Waals surface area contributed by atoms with E-state index in [1.54, 1.807) is 0 Å². The molecule has 2 N–H and O–H groups in total. The minimum absolute atomic E-state index is 0.0556. The van der Waals surface area contributed by atoms with Crippen LogP contribution in [-0.2, 0) is 0 Å². The van der Waals surface area contributed by atoms with Gasteiger partial charge in [0.25, 0.3) is 0 Å². The van der Waals surface area contributed by atoms with E-state index >= 15 is 0 Å². The molecule has 1 aromatic rings. The minimum Gasteiger partial charge on any atom is -0.493 e. The van der Waals surface area contributed by atoms with Crippen LogP contribution in [0.3, 0.4) is 0 Å². The first-order valence-corrected chi connectivity index (χ1v) is 3.32. The van der Waals surface area contributed by atoms with Crippen molar-refractivity contribution in [1.82, 2.24) is 0 Å². The van der Waals surface area contributed by atoms with Gasteiger partial charge < -0.3 is 10.5 Å². The van der Waals surface area contributed by atoms with Crippen molar-refractivity contribution in [2.45, 2.75) is 0 Å². The van der Waals surface area contributed by atoms with Crippen molar-refractivity contribution in [3.8, 4) is 5.75 Å². The third-order valence-corrected chi connectivity index (χ3v) is 1.60. The molecule has 0 amide bonds. The van der Waals surface area contributed by atoms with Crippen molar-refractivity contribution in [3.63, 3.8) is 0 Å². The molecule has 0 aliphatic heterocycles. The zero-order chi connectivity index (χ0) is 8.43. The van der Waals surface area contributed by atoms with Crippen LogP contribution in [0.2, 0.25) is 5.02 Å². The molecule has 0 heterocycles. The summed E-state index contributed by atoms with van der Waals surface area (Å²) in [4.78, 5) is 0. The van der Waals surface area contributed by atoms with Crippen LogP contribution in [0.4, 0.5) is 10.1 Å². The van der Waals surface area contributed by atoms with E-state index in [2.05, 4.69) is 0 Å². The molecule has 0 atom stereocenters. The SMILES string of the molecule is COc1c(Cl)ccc(F)c1N. The lowest BCUT2D eigenvalue weighted by molar-refractivity contribution is 0.414. The Morgan fingerprint density at radius 2 is 2.18 bits per heavy atom. The monoisotopic (exact) mass is 175 g/mol. The van der Waals surface area contributed by atoms with E-state index in [-0.39, 0.29) is 11.4 Å². The van der Waals surface area contributed by atoms with Gasteiger partial charge in [0, 0.05) is 0 Å². The molecule has 1 aromatic carbocycles. The van der Waals surface area contributed by atoms with Crippen molar-refractivity contribution in [2.75, 3.05) is 12.8 Å². The lowest BCUT2D eigenvalue weighted by Gasteiger charge is -2.05. The van der Waals surface area contributed by atoms with Gasteiger partial charge >= 0.3 is 0 Å². The van der Waals surface area contributed by atoms with Crippen LogP contribution in [0.1, 0.15) is 0 Å². The van der Waals surface area contributed by atoms with E-state index < -0.39 is 5.82 Å². The van der Waals surface area contributed by atoms with Crippen molar-refractivity contribution < 1.29 is 9.13 Å². The molecule has 0 bridgehead atoms. The maximum Gasteiger partial charge on any atom is 0.163 e. The molecule has 2 nitrogen and oxygen atoms in total. The molecule has 0 aliphatic carbocycles. The summed E-state index contributed by atoms with van der Waals surface area (Å²) in [6, 6.07) is 2.59. The number of ether oxygens (including phenoxy) is 1. The predicted octanol–water partition coefficient (Wildman–Crippen LogP) is 2.07. The van der Waals surface area contributed by atoms with Gasteiger partial charge in [0.1, 0.15) is 11.5 Å². The van der Waals surface area contributed by atoms with Crippen LogP contribution in [-0.4, -0.2) is 7.11 Å². The first-order chi connectivity index (χ1) is 5.16. The van der Waals surface area contributed by atoms with E-state index in [0.29, 0.717) is 5.02 Å². The van der Waals surface area contributed by atoms with Crippen LogP contribution in [0.5, 0.6) is 5.75 Å². The summed E-state index contributed by atoms with van der Waals surface area (Å²) in [7, 11) is 1.39. The molecule has 0 radical (unpaired) electrons. The molecule has 0 aliphatic rings. The highest BCUT2D eigenvalue weighted by Gasteiger charge is 2.08. The largest absolute Gasteiger partial charge is 0.493 e. The number of nitrogen functional groups attached to an aromatic ring is 1. The second-order valence-electron chi connectivity index (χ2n) is 1.98. The Morgan fingerprint density at radius 3 is 2.64 bits per heavy atom. The first-order valence-electron chi connectivity index (χ1n) is 2.94. The van der Waals surface area contributed by atoms with Crippen molar-refractivity contribution in [3.05, 3.63) is 23.0 Å². The minimum atomic E-state index is -0.522. The summed E-state index contributed by atoms with van der Waals surface area (Å²) in [5.41, 5.74) is 5.25. The molecule has 0 spiro atoms.